The number of benzene rings is 2. The van der Waals surface area contributed by atoms with Crippen molar-refractivity contribution in [1.82, 2.24) is 19.7 Å². The maximum atomic E-state index is 14.0. The Morgan fingerprint density at radius 3 is 2.63 bits per heavy atom. The van der Waals surface area contributed by atoms with E-state index < -0.39 is 0 Å². The summed E-state index contributed by atoms with van der Waals surface area (Å²) in [6, 6.07) is 11.5. The van der Waals surface area contributed by atoms with Crippen LogP contribution in [0.4, 0.5) is 4.39 Å². The van der Waals surface area contributed by atoms with E-state index in [1.54, 1.807) is 7.11 Å². The van der Waals surface area contributed by atoms with Crippen LogP contribution in [0.2, 0.25) is 0 Å². The van der Waals surface area contributed by atoms with Crippen molar-refractivity contribution in [3.05, 3.63) is 81.4 Å². The first kappa shape index (κ1) is 25.4. The highest BCUT2D eigenvalue weighted by atomic mass is 19.1. The Bertz CT molecular complexity index is 1540. The summed E-state index contributed by atoms with van der Waals surface area (Å²) >= 11 is 0. The molecule has 2 fully saturated rings. The molecule has 2 aliphatic carbocycles. The molecule has 8 heteroatoms. The van der Waals surface area contributed by atoms with Crippen LogP contribution in [-0.2, 0) is 24.8 Å². The number of rotatable bonds is 4. The number of aromatic nitrogens is 1. The van der Waals surface area contributed by atoms with Crippen molar-refractivity contribution in [3.63, 3.8) is 0 Å². The van der Waals surface area contributed by atoms with Crippen LogP contribution in [0.5, 0.6) is 11.5 Å². The first-order valence-electron chi connectivity index (χ1n) is 14.9. The first-order chi connectivity index (χ1) is 19.9. The Morgan fingerprint density at radius 2 is 1.88 bits per heavy atom. The number of nitrogens with one attached hydrogen (secondary N) is 1. The molecule has 0 radical (unpaired) electrons. The van der Waals surface area contributed by atoms with Crippen LogP contribution in [0.1, 0.15) is 56.5 Å². The van der Waals surface area contributed by atoms with Crippen molar-refractivity contribution >= 4 is 5.91 Å². The standard InChI is InChI=1S/C33H37FN4O3/c1-19-23-17-24-25-16-21-6-9-26(40-3)30-27(21)33(24,10-11-36(25)2)31(41-30)29(23)35-28(19)32(39)38-14-12-37(13-15-38)18-20-4-7-22(34)8-5-20/h4-9,24-25,31,35H,10-18H2,1-3H3/t24?,25-,31+,33+/m1/s1. The van der Waals surface area contributed by atoms with Gasteiger partial charge in [-0.05, 0) is 86.1 Å². The molecule has 3 aliphatic heterocycles. The average Bonchev–Trinajstić information content (AvgIpc) is 3.50. The molecular weight excluding hydrogens is 519 g/mol. The van der Waals surface area contributed by atoms with Crippen LogP contribution >= 0.6 is 0 Å². The molecule has 1 amide bonds. The minimum Gasteiger partial charge on any atom is -0.493 e. The van der Waals surface area contributed by atoms with Crippen molar-refractivity contribution in [1.29, 1.82) is 0 Å². The zero-order chi connectivity index (χ0) is 28.0. The van der Waals surface area contributed by atoms with Gasteiger partial charge in [0.2, 0.25) is 0 Å². The molecular formula is C33H37FN4O3. The Balaban J connectivity index is 1.09. The van der Waals surface area contributed by atoms with Crippen LogP contribution < -0.4 is 9.47 Å². The van der Waals surface area contributed by atoms with Crippen molar-refractivity contribution in [2.75, 3.05) is 46.9 Å². The molecule has 0 saturated carbocycles. The van der Waals surface area contributed by atoms with Gasteiger partial charge in [0.25, 0.3) is 5.91 Å². The summed E-state index contributed by atoms with van der Waals surface area (Å²) in [6.45, 7) is 6.87. The number of nitrogens with zero attached hydrogens (tertiary/aromatic N) is 3. The van der Waals surface area contributed by atoms with E-state index in [0.29, 0.717) is 30.7 Å². The van der Waals surface area contributed by atoms with E-state index in [4.69, 9.17) is 9.47 Å². The molecule has 2 bridgehead atoms. The molecule has 1 aromatic heterocycles. The lowest BCUT2D eigenvalue weighted by Gasteiger charge is -2.57. The van der Waals surface area contributed by atoms with Gasteiger partial charge in [0.05, 0.1) is 12.8 Å². The van der Waals surface area contributed by atoms with Crippen LogP contribution in [0, 0.1) is 18.7 Å². The largest absolute Gasteiger partial charge is 0.493 e. The third kappa shape index (κ3) is 3.53. The molecule has 1 unspecified atom stereocenters. The van der Waals surface area contributed by atoms with E-state index in [1.807, 2.05) is 17.0 Å². The molecule has 1 N–H and O–H groups in total. The van der Waals surface area contributed by atoms with E-state index in [9.17, 15) is 9.18 Å². The molecule has 3 aromatic rings. The number of ether oxygens (including phenoxy) is 2. The molecule has 1 spiro atoms. The van der Waals surface area contributed by atoms with Crippen LogP contribution in [0.3, 0.4) is 0 Å². The third-order valence-corrected chi connectivity index (χ3v) is 10.9. The second kappa shape index (κ2) is 9.07. The van der Waals surface area contributed by atoms with Crippen molar-refractivity contribution in [3.8, 4) is 11.5 Å². The Kier molecular flexibility index (Phi) is 5.61. The maximum absolute atomic E-state index is 14.0. The quantitative estimate of drug-likeness (QED) is 0.521. The first-order valence-corrected chi connectivity index (χ1v) is 14.9. The number of carbonyl (C=O) groups excluding carboxylic acids is 1. The fraction of sp³-hybridized carbons (Fsp3) is 0.485. The molecule has 214 valence electrons. The van der Waals surface area contributed by atoms with Crippen molar-refractivity contribution < 1.29 is 18.7 Å². The van der Waals surface area contributed by atoms with Gasteiger partial charge in [-0.15, -0.1) is 0 Å². The lowest BCUT2D eigenvalue weighted by molar-refractivity contribution is -0.0256. The van der Waals surface area contributed by atoms with E-state index in [-0.39, 0.29) is 23.2 Å². The summed E-state index contributed by atoms with van der Waals surface area (Å²) in [6.07, 6.45) is 2.89. The summed E-state index contributed by atoms with van der Waals surface area (Å²) in [4.78, 5) is 24.5. The summed E-state index contributed by atoms with van der Waals surface area (Å²) in [7, 11) is 3.99. The molecule has 8 rings (SSSR count). The number of aromatic amines is 1. The van der Waals surface area contributed by atoms with Crippen LogP contribution in [-0.4, -0.2) is 78.5 Å². The number of fused-ring (bicyclic) bond motifs is 2. The van der Waals surface area contributed by atoms with Gasteiger partial charge < -0.3 is 24.3 Å². The summed E-state index contributed by atoms with van der Waals surface area (Å²) in [5.41, 5.74) is 7.89. The highest BCUT2D eigenvalue weighted by Gasteiger charge is 2.65. The number of amides is 1. The number of hydrogen-bond acceptors (Lipinski definition) is 5. The minimum absolute atomic E-state index is 0.0766. The molecule has 7 nitrogen and oxygen atoms in total. The predicted octanol–water partition coefficient (Wildman–Crippen LogP) is 4.23. The lowest BCUT2D eigenvalue weighted by Crippen LogP contribution is -2.62. The Morgan fingerprint density at radius 1 is 1.10 bits per heavy atom. The van der Waals surface area contributed by atoms with Gasteiger partial charge >= 0.3 is 0 Å². The number of piperazine rings is 1. The number of hydrogen-bond donors (Lipinski definition) is 1. The summed E-state index contributed by atoms with van der Waals surface area (Å²) < 4.78 is 26.0. The second-order valence-corrected chi connectivity index (χ2v) is 12.7. The van der Waals surface area contributed by atoms with E-state index in [1.165, 1.54) is 28.8 Å². The zero-order valence-corrected chi connectivity index (χ0v) is 24.0. The van der Waals surface area contributed by atoms with Gasteiger partial charge in [0.15, 0.2) is 11.5 Å². The predicted molar refractivity (Wildman–Crippen MR) is 153 cm³/mol. The fourth-order valence-corrected chi connectivity index (χ4v) is 8.77. The average molecular weight is 557 g/mol. The molecule has 5 aliphatic rings. The SMILES string of the molecule is COc1ccc2c3c1O[C@H]1c4[nH]c(C(=O)N5CCN(Cc6ccc(F)cc6)CC5)c(C)c4CC4[C@@H](C2)N(C)CC[C@@]341. The van der Waals surface area contributed by atoms with Gasteiger partial charge in [0.1, 0.15) is 17.6 Å². The zero-order valence-electron chi connectivity index (χ0n) is 24.0. The summed E-state index contributed by atoms with van der Waals surface area (Å²) in [5, 5.41) is 0. The van der Waals surface area contributed by atoms with Gasteiger partial charge in [-0.1, -0.05) is 18.2 Å². The third-order valence-electron chi connectivity index (χ3n) is 10.9. The van der Waals surface area contributed by atoms with Gasteiger partial charge in [-0.25, -0.2) is 4.39 Å². The number of piperidine rings is 1. The number of carbonyl (C=O) groups is 1. The summed E-state index contributed by atoms with van der Waals surface area (Å²) in [5.74, 6) is 2.02. The lowest BCUT2D eigenvalue weighted by atomic mass is 9.51. The normalized spacial score (nSPS) is 28.2. The molecule has 2 aromatic carbocycles. The Labute approximate surface area is 240 Å². The van der Waals surface area contributed by atoms with E-state index in [2.05, 4.69) is 40.9 Å². The monoisotopic (exact) mass is 556 g/mol. The number of likely N-dealkylation sites (N-methyl/N-ethyl adjacent to an activating group) is 1. The van der Waals surface area contributed by atoms with Crippen molar-refractivity contribution in [2.45, 2.75) is 50.3 Å². The molecule has 41 heavy (non-hydrogen) atoms. The van der Waals surface area contributed by atoms with Gasteiger partial charge in [0, 0.05) is 49.7 Å². The minimum atomic E-state index is -0.214. The fourth-order valence-electron chi connectivity index (χ4n) is 8.77. The number of H-pyrrole nitrogens is 1. The number of halogens is 1. The smallest absolute Gasteiger partial charge is 0.270 e. The Hall–Kier alpha value is -3.36. The molecule has 4 atom stereocenters. The molecule has 4 heterocycles. The number of methoxy groups -OCH3 is 1. The van der Waals surface area contributed by atoms with Crippen LogP contribution in [0.25, 0.3) is 0 Å². The number of likely N-dealkylation sites (tertiary alicyclic amines) is 1. The van der Waals surface area contributed by atoms with Crippen LogP contribution in [0.15, 0.2) is 36.4 Å². The highest BCUT2D eigenvalue weighted by Crippen LogP contribution is 2.67. The van der Waals surface area contributed by atoms with Gasteiger partial charge in [-0.2, -0.15) is 0 Å². The van der Waals surface area contributed by atoms with Gasteiger partial charge in [-0.3, -0.25) is 9.69 Å². The topological polar surface area (TPSA) is 61.0 Å². The highest BCUT2D eigenvalue weighted by molar-refractivity contribution is 5.94. The van der Waals surface area contributed by atoms with Crippen molar-refractivity contribution in [2.24, 2.45) is 5.92 Å². The maximum Gasteiger partial charge on any atom is 0.270 e. The molecule has 2 saturated heterocycles. The van der Waals surface area contributed by atoms with E-state index in [0.717, 1.165) is 73.8 Å². The van der Waals surface area contributed by atoms with E-state index >= 15 is 0 Å². The second-order valence-electron chi connectivity index (χ2n) is 12.7.